The first-order chi connectivity index (χ1) is 8.58. The fourth-order valence-corrected chi connectivity index (χ4v) is 1.69. The highest BCUT2D eigenvalue weighted by molar-refractivity contribution is 5.29. The summed E-state index contributed by atoms with van der Waals surface area (Å²) in [5.41, 5.74) is 0.843. The van der Waals surface area contributed by atoms with Crippen molar-refractivity contribution in [3.8, 4) is 5.75 Å². The molecular weight excluding hydrogens is 233 g/mol. The fraction of sp³-hybridized carbons (Fsp3) is 0.571. The Morgan fingerprint density at radius 3 is 2.61 bits per heavy atom. The van der Waals surface area contributed by atoms with Gasteiger partial charge in [-0.3, -0.25) is 0 Å². The molecular formula is C14H22FNO2. The minimum Gasteiger partial charge on any atom is -0.491 e. The summed E-state index contributed by atoms with van der Waals surface area (Å²) in [4.78, 5) is 0. The molecule has 0 amide bonds. The van der Waals surface area contributed by atoms with Crippen LogP contribution in [0.25, 0.3) is 0 Å². The van der Waals surface area contributed by atoms with Gasteiger partial charge in [0.25, 0.3) is 0 Å². The minimum atomic E-state index is -0.346. The second-order valence-corrected chi connectivity index (χ2v) is 4.61. The summed E-state index contributed by atoms with van der Waals surface area (Å²) < 4.78 is 18.7. The van der Waals surface area contributed by atoms with Gasteiger partial charge in [-0.1, -0.05) is 19.9 Å². The van der Waals surface area contributed by atoms with Gasteiger partial charge in [0, 0.05) is 12.6 Å². The standard InChI is InChI=1S/C14H22FNO2/c1-4-18-14-6-5-11(7-12(14)15)8-16-13(9-17)10(2)3/h5-7,10,13,16-17H,4,8-9H2,1-3H3. The molecule has 0 saturated heterocycles. The van der Waals surface area contributed by atoms with E-state index in [1.807, 2.05) is 26.8 Å². The zero-order valence-corrected chi connectivity index (χ0v) is 11.2. The van der Waals surface area contributed by atoms with Crippen LogP contribution in [0.15, 0.2) is 18.2 Å². The van der Waals surface area contributed by atoms with E-state index < -0.39 is 0 Å². The van der Waals surface area contributed by atoms with Crippen molar-refractivity contribution in [3.63, 3.8) is 0 Å². The SMILES string of the molecule is CCOc1ccc(CNC(CO)C(C)C)cc1F. The van der Waals surface area contributed by atoms with E-state index in [1.165, 1.54) is 6.07 Å². The zero-order chi connectivity index (χ0) is 13.5. The number of aliphatic hydroxyl groups excluding tert-OH is 1. The van der Waals surface area contributed by atoms with Gasteiger partial charge in [-0.15, -0.1) is 0 Å². The van der Waals surface area contributed by atoms with E-state index in [-0.39, 0.29) is 24.2 Å². The highest BCUT2D eigenvalue weighted by Gasteiger charge is 2.11. The fourth-order valence-electron chi connectivity index (χ4n) is 1.69. The van der Waals surface area contributed by atoms with Gasteiger partial charge in [0.05, 0.1) is 13.2 Å². The predicted octanol–water partition coefficient (Wildman–Crippen LogP) is 2.33. The summed E-state index contributed by atoms with van der Waals surface area (Å²) in [7, 11) is 0. The molecule has 0 heterocycles. The Morgan fingerprint density at radius 2 is 2.11 bits per heavy atom. The number of ether oxygens (including phenoxy) is 1. The normalized spacial score (nSPS) is 12.8. The van der Waals surface area contributed by atoms with Gasteiger partial charge < -0.3 is 15.2 Å². The Kier molecular flexibility index (Phi) is 6.09. The second-order valence-electron chi connectivity index (χ2n) is 4.61. The number of nitrogens with one attached hydrogen (secondary N) is 1. The van der Waals surface area contributed by atoms with Gasteiger partial charge >= 0.3 is 0 Å². The number of rotatable bonds is 7. The lowest BCUT2D eigenvalue weighted by molar-refractivity contribution is 0.210. The quantitative estimate of drug-likeness (QED) is 0.785. The third-order valence-corrected chi connectivity index (χ3v) is 2.87. The minimum absolute atomic E-state index is 0.0274. The van der Waals surface area contributed by atoms with Crippen LogP contribution in [0, 0.1) is 11.7 Å². The van der Waals surface area contributed by atoms with Crippen LogP contribution in [0.5, 0.6) is 5.75 Å². The first kappa shape index (κ1) is 14.9. The van der Waals surface area contributed by atoms with Gasteiger partial charge in [0.15, 0.2) is 11.6 Å². The highest BCUT2D eigenvalue weighted by atomic mass is 19.1. The van der Waals surface area contributed by atoms with Crippen molar-refractivity contribution in [1.82, 2.24) is 5.32 Å². The van der Waals surface area contributed by atoms with Crippen molar-refractivity contribution >= 4 is 0 Å². The average Bonchev–Trinajstić information content (AvgIpc) is 2.33. The molecule has 0 aliphatic heterocycles. The number of hydrogen-bond acceptors (Lipinski definition) is 3. The van der Waals surface area contributed by atoms with E-state index in [0.29, 0.717) is 19.1 Å². The Bertz CT molecular complexity index is 369. The third-order valence-electron chi connectivity index (χ3n) is 2.87. The van der Waals surface area contributed by atoms with E-state index in [0.717, 1.165) is 5.56 Å². The highest BCUT2D eigenvalue weighted by Crippen LogP contribution is 2.18. The topological polar surface area (TPSA) is 41.5 Å². The van der Waals surface area contributed by atoms with Crippen LogP contribution in [0.3, 0.4) is 0 Å². The lowest BCUT2D eigenvalue weighted by atomic mass is 10.1. The zero-order valence-electron chi connectivity index (χ0n) is 11.2. The van der Waals surface area contributed by atoms with Crippen molar-refractivity contribution in [2.24, 2.45) is 5.92 Å². The molecule has 0 aliphatic rings. The molecule has 0 radical (unpaired) electrons. The molecule has 0 aromatic heterocycles. The molecule has 0 aliphatic carbocycles. The van der Waals surface area contributed by atoms with E-state index >= 15 is 0 Å². The van der Waals surface area contributed by atoms with Crippen LogP contribution in [-0.4, -0.2) is 24.4 Å². The Balaban J connectivity index is 2.60. The van der Waals surface area contributed by atoms with Crippen molar-refractivity contribution in [3.05, 3.63) is 29.6 Å². The summed E-state index contributed by atoms with van der Waals surface area (Å²) in [6.07, 6.45) is 0. The van der Waals surface area contributed by atoms with E-state index in [4.69, 9.17) is 4.74 Å². The summed E-state index contributed by atoms with van der Waals surface area (Å²) in [5, 5.41) is 12.4. The Morgan fingerprint density at radius 1 is 1.39 bits per heavy atom. The molecule has 3 nitrogen and oxygen atoms in total. The second kappa shape index (κ2) is 7.34. The molecule has 102 valence electrons. The lowest BCUT2D eigenvalue weighted by Gasteiger charge is -2.20. The Labute approximate surface area is 108 Å². The van der Waals surface area contributed by atoms with Gasteiger partial charge in [0.2, 0.25) is 0 Å². The summed E-state index contributed by atoms with van der Waals surface area (Å²) >= 11 is 0. The Hall–Kier alpha value is -1.13. The van der Waals surface area contributed by atoms with Gasteiger partial charge in [0.1, 0.15) is 0 Å². The summed E-state index contributed by atoms with van der Waals surface area (Å²) in [6.45, 7) is 6.96. The molecule has 1 unspecified atom stereocenters. The van der Waals surface area contributed by atoms with E-state index in [1.54, 1.807) is 6.07 Å². The maximum atomic E-state index is 13.6. The third kappa shape index (κ3) is 4.27. The first-order valence-corrected chi connectivity index (χ1v) is 6.34. The molecule has 2 N–H and O–H groups in total. The smallest absolute Gasteiger partial charge is 0.165 e. The predicted molar refractivity (Wildman–Crippen MR) is 70.1 cm³/mol. The molecule has 0 bridgehead atoms. The van der Waals surface area contributed by atoms with Crippen LogP contribution in [0.4, 0.5) is 4.39 Å². The van der Waals surface area contributed by atoms with Crippen LogP contribution in [0.2, 0.25) is 0 Å². The average molecular weight is 255 g/mol. The number of hydrogen-bond donors (Lipinski definition) is 2. The lowest BCUT2D eigenvalue weighted by Crippen LogP contribution is -2.36. The van der Waals surface area contributed by atoms with Gasteiger partial charge in [-0.25, -0.2) is 4.39 Å². The summed E-state index contributed by atoms with van der Waals surface area (Å²) in [6, 6.07) is 4.96. The first-order valence-electron chi connectivity index (χ1n) is 6.34. The number of aliphatic hydroxyl groups is 1. The van der Waals surface area contributed by atoms with Crippen LogP contribution in [0.1, 0.15) is 26.3 Å². The van der Waals surface area contributed by atoms with Crippen molar-refractivity contribution in [1.29, 1.82) is 0 Å². The monoisotopic (exact) mass is 255 g/mol. The molecule has 1 atom stereocenters. The van der Waals surface area contributed by atoms with Gasteiger partial charge in [-0.05, 0) is 30.5 Å². The molecule has 4 heteroatoms. The molecule has 1 aromatic carbocycles. The molecule has 0 saturated carbocycles. The molecule has 18 heavy (non-hydrogen) atoms. The van der Waals surface area contributed by atoms with Crippen molar-refractivity contribution in [2.75, 3.05) is 13.2 Å². The summed E-state index contributed by atoms with van der Waals surface area (Å²) in [5.74, 6) is 0.271. The van der Waals surface area contributed by atoms with E-state index in [9.17, 15) is 9.50 Å². The van der Waals surface area contributed by atoms with E-state index in [2.05, 4.69) is 5.32 Å². The maximum absolute atomic E-state index is 13.6. The molecule has 1 rings (SSSR count). The van der Waals surface area contributed by atoms with Crippen molar-refractivity contribution in [2.45, 2.75) is 33.4 Å². The maximum Gasteiger partial charge on any atom is 0.165 e. The largest absolute Gasteiger partial charge is 0.491 e. The molecule has 1 aromatic rings. The van der Waals surface area contributed by atoms with Crippen LogP contribution < -0.4 is 10.1 Å². The van der Waals surface area contributed by atoms with Crippen molar-refractivity contribution < 1.29 is 14.2 Å². The molecule has 0 fully saturated rings. The number of halogens is 1. The van der Waals surface area contributed by atoms with Crippen LogP contribution in [-0.2, 0) is 6.54 Å². The number of benzene rings is 1. The van der Waals surface area contributed by atoms with Crippen LogP contribution >= 0.6 is 0 Å². The molecule has 0 spiro atoms. The van der Waals surface area contributed by atoms with Gasteiger partial charge in [-0.2, -0.15) is 0 Å².